The zero-order chi connectivity index (χ0) is 11.5. The van der Waals surface area contributed by atoms with E-state index in [9.17, 15) is 8.42 Å². The van der Waals surface area contributed by atoms with Gasteiger partial charge in [0.2, 0.25) is 10.0 Å². The summed E-state index contributed by atoms with van der Waals surface area (Å²) in [4.78, 5) is -0.0291. The van der Waals surface area contributed by atoms with Crippen LogP contribution in [0.4, 0.5) is 0 Å². The lowest BCUT2D eigenvalue weighted by Crippen LogP contribution is -2.14. The molecule has 15 heavy (non-hydrogen) atoms. The average Bonchev–Trinajstić information content (AvgIpc) is 2.14. The summed E-state index contributed by atoms with van der Waals surface area (Å²) in [7, 11) is -3.72. The van der Waals surface area contributed by atoms with Crippen LogP contribution in [0.15, 0.2) is 29.2 Å². The van der Waals surface area contributed by atoms with Crippen LogP contribution in [0.25, 0.3) is 0 Å². The molecule has 0 aliphatic carbocycles. The number of sulfonamides is 1. The molecule has 6 heteroatoms. The minimum absolute atomic E-state index is 0.00588. The van der Waals surface area contributed by atoms with Gasteiger partial charge < -0.3 is 9.84 Å². The molecule has 0 saturated carbocycles. The van der Waals surface area contributed by atoms with Gasteiger partial charge in [-0.15, -0.1) is 0 Å². The van der Waals surface area contributed by atoms with E-state index in [1.54, 1.807) is 6.07 Å². The molecule has 0 unspecified atom stereocenters. The van der Waals surface area contributed by atoms with Gasteiger partial charge in [-0.05, 0) is 19.1 Å². The third-order valence-electron chi connectivity index (χ3n) is 1.58. The third-order valence-corrected chi connectivity index (χ3v) is 2.49. The maximum absolute atomic E-state index is 11.0. The standard InChI is InChI=1S/C9H12NO4S/c1-7(11)6-14-8-3-2-4-9(5-8)15(10,12)13/h2-5,7,11H,1,6H2,(H2,10,12,13)/t7-/m0/s1. The van der Waals surface area contributed by atoms with Crippen LogP contribution in [0.2, 0.25) is 0 Å². The SMILES string of the molecule is [CH2][C@H](O)COc1cccc(S(N)(=O)=O)c1. The molecule has 0 amide bonds. The number of benzene rings is 1. The largest absolute Gasteiger partial charge is 0.491 e. The van der Waals surface area contributed by atoms with Crippen LogP contribution in [0, 0.1) is 6.92 Å². The second-order valence-corrected chi connectivity index (χ2v) is 4.55. The van der Waals surface area contributed by atoms with Gasteiger partial charge in [0.25, 0.3) is 0 Å². The maximum Gasteiger partial charge on any atom is 0.238 e. The Morgan fingerprint density at radius 1 is 1.53 bits per heavy atom. The molecule has 3 N–H and O–H groups in total. The minimum atomic E-state index is -3.72. The van der Waals surface area contributed by atoms with Gasteiger partial charge in [0.1, 0.15) is 12.4 Å². The van der Waals surface area contributed by atoms with E-state index in [4.69, 9.17) is 15.0 Å². The molecule has 0 heterocycles. The quantitative estimate of drug-likeness (QED) is 0.756. The van der Waals surface area contributed by atoms with Crippen LogP contribution < -0.4 is 9.88 Å². The summed E-state index contributed by atoms with van der Waals surface area (Å²) >= 11 is 0. The summed E-state index contributed by atoms with van der Waals surface area (Å²) in [6, 6.07) is 5.72. The Morgan fingerprint density at radius 3 is 2.73 bits per heavy atom. The molecule has 1 atom stereocenters. The van der Waals surface area contributed by atoms with Crippen LogP contribution in [-0.2, 0) is 10.0 Å². The van der Waals surface area contributed by atoms with Crippen molar-refractivity contribution in [2.75, 3.05) is 6.61 Å². The first-order valence-electron chi connectivity index (χ1n) is 4.16. The number of aliphatic hydroxyl groups is 1. The van der Waals surface area contributed by atoms with E-state index in [0.717, 1.165) is 0 Å². The molecule has 1 aromatic carbocycles. The number of nitrogens with two attached hydrogens (primary N) is 1. The Morgan fingerprint density at radius 2 is 2.20 bits per heavy atom. The number of aliphatic hydroxyl groups excluding tert-OH is 1. The Hall–Kier alpha value is -1.11. The number of rotatable bonds is 4. The van der Waals surface area contributed by atoms with Crippen molar-refractivity contribution in [1.82, 2.24) is 0 Å². The number of primary sulfonamides is 1. The molecule has 1 aromatic rings. The normalized spacial score (nSPS) is 13.5. The van der Waals surface area contributed by atoms with Crippen molar-refractivity contribution in [3.63, 3.8) is 0 Å². The van der Waals surface area contributed by atoms with Gasteiger partial charge in [0.05, 0.1) is 11.0 Å². The lowest BCUT2D eigenvalue weighted by Gasteiger charge is -2.08. The second-order valence-electron chi connectivity index (χ2n) is 2.98. The summed E-state index contributed by atoms with van der Waals surface area (Å²) in [6.07, 6.45) is -0.858. The first-order valence-corrected chi connectivity index (χ1v) is 5.71. The molecule has 0 aromatic heterocycles. The summed E-state index contributed by atoms with van der Waals surface area (Å²) in [5.41, 5.74) is 0. The molecule has 1 rings (SSSR count). The molecule has 0 bridgehead atoms. The second kappa shape index (κ2) is 4.61. The first-order chi connectivity index (χ1) is 6.89. The van der Waals surface area contributed by atoms with E-state index >= 15 is 0 Å². The minimum Gasteiger partial charge on any atom is -0.491 e. The van der Waals surface area contributed by atoms with Crippen LogP contribution in [-0.4, -0.2) is 26.2 Å². The van der Waals surface area contributed by atoms with Gasteiger partial charge in [0.15, 0.2) is 0 Å². The van der Waals surface area contributed by atoms with Gasteiger partial charge >= 0.3 is 0 Å². The van der Waals surface area contributed by atoms with Gasteiger partial charge in [-0.3, -0.25) is 0 Å². The molecule has 1 radical (unpaired) electrons. The highest BCUT2D eigenvalue weighted by Gasteiger charge is 2.08. The fourth-order valence-corrected chi connectivity index (χ4v) is 1.48. The smallest absolute Gasteiger partial charge is 0.238 e. The number of hydrogen-bond donors (Lipinski definition) is 2. The number of hydrogen-bond acceptors (Lipinski definition) is 4. The topological polar surface area (TPSA) is 89.6 Å². The van der Waals surface area contributed by atoms with E-state index in [2.05, 4.69) is 6.92 Å². The van der Waals surface area contributed by atoms with Crippen molar-refractivity contribution in [3.8, 4) is 5.75 Å². The lowest BCUT2D eigenvalue weighted by atomic mass is 10.3. The monoisotopic (exact) mass is 230 g/mol. The maximum atomic E-state index is 11.0. The van der Waals surface area contributed by atoms with Crippen LogP contribution in [0.3, 0.4) is 0 Å². The molecule has 0 aliphatic rings. The molecule has 0 aliphatic heterocycles. The zero-order valence-corrected chi connectivity index (χ0v) is 8.78. The summed E-state index contributed by atoms with van der Waals surface area (Å²) < 4.78 is 27.0. The fourth-order valence-electron chi connectivity index (χ4n) is 0.933. The first kappa shape index (κ1) is 12.0. The highest BCUT2D eigenvalue weighted by atomic mass is 32.2. The van der Waals surface area contributed by atoms with Crippen molar-refractivity contribution >= 4 is 10.0 Å². The molecule has 0 spiro atoms. The molecular formula is C9H12NO4S. The van der Waals surface area contributed by atoms with Gasteiger partial charge in [-0.2, -0.15) is 0 Å². The molecule has 0 fully saturated rings. The van der Waals surface area contributed by atoms with Crippen molar-refractivity contribution < 1.29 is 18.3 Å². The Bertz CT molecular complexity index is 427. The lowest BCUT2D eigenvalue weighted by molar-refractivity contribution is 0.142. The number of ether oxygens (including phenoxy) is 1. The van der Waals surface area contributed by atoms with Crippen molar-refractivity contribution in [2.45, 2.75) is 11.0 Å². The summed E-state index contributed by atoms with van der Waals surface area (Å²) in [5.74, 6) is 0.323. The molecule has 5 nitrogen and oxygen atoms in total. The summed E-state index contributed by atoms with van der Waals surface area (Å²) in [6.45, 7) is 3.31. The predicted octanol–water partition coefficient (Wildman–Crippen LogP) is -0.0922. The van der Waals surface area contributed by atoms with E-state index in [0.29, 0.717) is 5.75 Å². The van der Waals surface area contributed by atoms with Crippen LogP contribution >= 0.6 is 0 Å². The van der Waals surface area contributed by atoms with Gasteiger partial charge in [-0.1, -0.05) is 6.07 Å². The van der Waals surface area contributed by atoms with E-state index in [1.165, 1.54) is 18.2 Å². The molecule has 0 saturated heterocycles. The Kier molecular flexibility index (Phi) is 3.67. The zero-order valence-electron chi connectivity index (χ0n) is 7.96. The van der Waals surface area contributed by atoms with E-state index in [-0.39, 0.29) is 11.5 Å². The Balaban J connectivity index is 2.84. The van der Waals surface area contributed by atoms with Crippen molar-refractivity contribution in [1.29, 1.82) is 0 Å². The third kappa shape index (κ3) is 3.86. The van der Waals surface area contributed by atoms with Gasteiger partial charge in [-0.25, -0.2) is 13.6 Å². The molecular weight excluding hydrogens is 218 g/mol. The van der Waals surface area contributed by atoms with E-state index < -0.39 is 16.1 Å². The predicted molar refractivity (Wildman–Crippen MR) is 54.7 cm³/mol. The molecule has 83 valence electrons. The van der Waals surface area contributed by atoms with Crippen LogP contribution in [0.5, 0.6) is 5.75 Å². The van der Waals surface area contributed by atoms with E-state index in [1.807, 2.05) is 0 Å². The van der Waals surface area contributed by atoms with Gasteiger partial charge in [0, 0.05) is 6.07 Å². The van der Waals surface area contributed by atoms with Crippen LogP contribution in [0.1, 0.15) is 0 Å². The average molecular weight is 230 g/mol. The highest BCUT2D eigenvalue weighted by Crippen LogP contribution is 2.16. The Labute approximate surface area is 88.5 Å². The fraction of sp³-hybridized carbons (Fsp3) is 0.222. The highest BCUT2D eigenvalue weighted by molar-refractivity contribution is 7.89. The van der Waals surface area contributed by atoms with Crippen molar-refractivity contribution in [3.05, 3.63) is 31.2 Å². The van der Waals surface area contributed by atoms with Crippen molar-refractivity contribution in [2.24, 2.45) is 5.14 Å². The summed E-state index contributed by atoms with van der Waals surface area (Å²) in [5, 5.41) is 13.8.